The third-order valence-electron chi connectivity index (χ3n) is 2.11. The number of hydrogen-bond acceptors (Lipinski definition) is 4. The number of carbonyl (C=O) groups is 1. The van der Waals surface area contributed by atoms with Crippen molar-refractivity contribution in [3.05, 3.63) is 28.8 Å². The highest BCUT2D eigenvalue weighted by Gasteiger charge is 2.35. The lowest BCUT2D eigenvalue weighted by atomic mass is 10.0. The largest absolute Gasteiger partial charge is 0.573 e. The molecule has 0 amide bonds. The predicted octanol–water partition coefficient (Wildman–Crippen LogP) is 3.18. The highest BCUT2D eigenvalue weighted by Crippen LogP contribution is 2.35. The first kappa shape index (κ1) is 15.7. The maximum atomic E-state index is 12.8. The summed E-state index contributed by atoms with van der Waals surface area (Å²) >= 11 is 0. The summed E-state index contributed by atoms with van der Waals surface area (Å²) in [5, 5.41) is 8.61. The van der Waals surface area contributed by atoms with Crippen molar-refractivity contribution in [1.29, 1.82) is 5.26 Å². The van der Waals surface area contributed by atoms with E-state index < -0.39 is 41.2 Å². The lowest BCUT2D eigenvalue weighted by Crippen LogP contribution is -2.20. The van der Waals surface area contributed by atoms with Gasteiger partial charge < -0.3 is 9.47 Å². The van der Waals surface area contributed by atoms with Crippen molar-refractivity contribution in [2.45, 2.75) is 12.8 Å². The van der Waals surface area contributed by atoms with Crippen LogP contribution in [-0.2, 0) is 4.74 Å². The Morgan fingerprint density at radius 3 is 2.35 bits per heavy atom. The Kier molecular flexibility index (Phi) is 4.49. The maximum Gasteiger partial charge on any atom is 0.573 e. The molecule has 0 aliphatic rings. The van der Waals surface area contributed by atoms with E-state index in [2.05, 4.69) is 9.47 Å². The summed E-state index contributed by atoms with van der Waals surface area (Å²) in [4.78, 5) is 11.4. The molecule has 108 valence electrons. The van der Waals surface area contributed by atoms with Gasteiger partial charge in [0.15, 0.2) is 0 Å². The quantitative estimate of drug-likeness (QED) is 0.634. The van der Waals surface area contributed by atoms with E-state index in [1.54, 1.807) is 0 Å². The molecule has 0 spiro atoms. The molecular weight excluding hydrogens is 289 g/mol. The molecule has 0 radical (unpaired) electrons. The van der Waals surface area contributed by atoms with Gasteiger partial charge in [0, 0.05) is 5.56 Å². The number of rotatable bonds is 3. The molecule has 4 nitrogen and oxygen atoms in total. The minimum atomic E-state index is -5.21. The highest BCUT2D eigenvalue weighted by molar-refractivity contribution is 5.94. The van der Waals surface area contributed by atoms with E-state index in [-0.39, 0.29) is 0 Å². The number of ether oxygens (including phenoxy) is 2. The van der Waals surface area contributed by atoms with Gasteiger partial charge in [0.2, 0.25) is 0 Å². The third kappa shape index (κ3) is 3.57. The van der Waals surface area contributed by atoms with Crippen LogP contribution < -0.4 is 4.74 Å². The Hall–Kier alpha value is -2.37. The van der Waals surface area contributed by atoms with Gasteiger partial charge in [-0.25, -0.2) is 13.6 Å². The molecule has 20 heavy (non-hydrogen) atoms. The van der Waals surface area contributed by atoms with Crippen molar-refractivity contribution in [3.63, 3.8) is 0 Å². The van der Waals surface area contributed by atoms with Crippen molar-refractivity contribution in [3.8, 4) is 11.8 Å². The number of carbonyl (C=O) groups excluding carboxylic acids is 1. The van der Waals surface area contributed by atoms with Gasteiger partial charge in [0.05, 0.1) is 18.7 Å². The van der Waals surface area contributed by atoms with E-state index in [9.17, 15) is 26.7 Å². The molecule has 1 aromatic carbocycles. The third-order valence-corrected chi connectivity index (χ3v) is 2.11. The van der Waals surface area contributed by atoms with E-state index in [0.29, 0.717) is 12.1 Å². The fourth-order valence-electron chi connectivity index (χ4n) is 1.40. The van der Waals surface area contributed by atoms with E-state index in [1.165, 1.54) is 6.07 Å². The van der Waals surface area contributed by atoms with Crippen molar-refractivity contribution >= 4 is 5.97 Å². The fraction of sp³-hybridized carbons (Fsp3) is 0.273. The van der Waals surface area contributed by atoms with Crippen LogP contribution in [0.15, 0.2) is 12.1 Å². The number of alkyl halides is 5. The number of esters is 1. The Morgan fingerprint density at radius 1 is 1.35 bits per heavy atom. The normalized spacial score (nSPS) is 11.1. The zero-order chi connectivity index (χ0) is 15.5. The zero-order valence-electron chi connectivity index (χ0n) is 9.79. The first-order valence-electron chi connectivity index (χ1n) is 4.90. The molecule has 1 aromatic rings. The van der Waals surface area contributed by atoms with Gasteiger partial charge in [-0.15, -0.1) is 13.2 Å². The van der Waals surface area contributed by atoms with Crippen molar-refractivity contribution in [2.75, 3.05) is 7.11 Å². The smallest absolute Gasteiger partial charge is 0.465 e. The van der Waals surface area contributed by atoms with E-state index >= 15 is 0 Å². The minimum Gasteiger partial charge on any atom is -0.465 e. The van der Waals surface area contributed by atoms with Crippen molar-refractivity contribution in [1.82, 2.24) is 0 Å². The maximum absolute atomic E-state index is 12.8. The second kappa shape index (κ2) is 5.73. The Bertz CT molecular complexity index is 562. The molecule has 0 saturated carbocycles. The molecule has 0 atom stereocenters. The topological polar surface area (TPSA) is 59.3 Å². The SMILES string of the molecule is COC(=O)c1c(OC(F)(F)F)cc(C#N)cc1C(F)F. The Labute approximate surface area is 109 Å². The molecule has 1 rings (SSSR count). The lowest BCUT2D eigenvalue weighted by molar-refractivity contribution is -0.274. The number of halogens is 5. The van der Waals surface area contributed by atoms with Gasteiger partial charge in [0.1, 0.15) is 11.3 Å². The highest BCUT2D eigenvalue weighted by atomic mass is 19.4. The van der Waals surface area contributed by atoms with Crippen LogP contribution in [0.3, 0.4) is 0 Å². The average Bonchev–Trinajstić information content (AvgIpc) is 2.34. The van der Waals surface area contributed by atoms with Crippen LogP contribution in [-0.4, -0.2) is 19.4 Å². The summed E-state index contributed by atoms with van der Waals surface area (Å²) in [7, 11) is 0.813. The van der Waals surface area contributed by atoms with Gasteiger partial charge in [-0.2, -0.15) is 5.26 Å². The fourth-order valence-corrected chi connectivity index (χ4v) is 1.40. The number of benzene rings is 1. The van der Waals surface area contributed by atoms with Gasteiger partial charge >= 0.3 is 12.3 Å². The molecule has 9 heteroatoms. The predicted molar refractivity (Wildman–Crippen MR) is 54.1 cm³/mol. The van der Waals surface area contributed by atoms with Crippen LogP contribution in [0.25, 0.3) is 0 Å². The molecule has 0 unspecified atom stereocenters. The molecule has 0 aliphatic heterocycles. The summed E-state index contributed by atoms with van der Waals surface area (Å²) in [6.07, 6.45) is -8.50. The summed E-state index contributed by atoms with van der Waals surface area (Å²) in [6.45, 7) is 0. The molecule has 0 saturated heterocycles. The molecule has 0 bridgehead atoms. The van der Waals surface area contributed by atoms with Gasteiger partial charge in [0.25, 0.3) is 6.43 Å². The summed E-state index contributed by atoms with van der Waals surface area (Å²) in [5.74, 6) is -2.64. The molecule has 0 aliphatic carbocycles. The standard InChI is InChI=1S/C11H6F5NO3/c1-19-10(18)8-6(9(12)13)2-5(4-17)3-7(8)20-11(14,15)16/h2-3,9H,1H3. The number of hydrogen-bond donors (Lipinski definition) is 0. The van der Waals surface area contributed by atoms with Crippen LogP contribution in [0.2, 0.25) is 0 Å². The van der Waals surface area contributed by atoms with Crippen LogP contribution in [0.4, 0.5) is 22.0 Å². The second-order valence-corrected chi connectivity index (χ2v) is 3.39. The lowest BCUT2D eigenvalue weighted by Gasteiger charge is -2.15. The van der Waals surface area contributed by atoms with Crippen molar-refractivity contribution < 1.29 is 36.2 Å². The Morgan fingerprint density at radius 2 is 1.95 bits per heavy atom. The van der Waals surface area contributed by atoms with Gasteiger partial charge in [-0.1, -0.05) is 0 Å². The molecule has 0 N–H and O–H groups in total. The van der Waals surface area contributed by atoms with E-state index in [1.807, 2.05) is 0 Å². The summed E-state index contributed by atoms with van der Waals surface area (Å²) in [5.41, 5.74) is -2.65. The summed E-state index contributed by atoms with van der Waals surface area (Å²) in [6, 6.07) is 2.53. The monoisotopic (exact) mass is 295 g/mol. The first-order valence-corrected chi connectivity index (χ1v) is 4.90. The zero-order valence-corrected chi connectivity index (χ0v) is 9.79. The minimum absolute atomic E-state index is 0.507. The molecular formula is C11H6F5NO3. The number of nitriles is 1. The number of methoxy groups -OCH3 is 1. The van der Waals surface area contributed by atoms with Crippen LogP contribution >= 0.6 is 0 Å². The van der Waals surface area contributed by atoms with Crippen molar-refractivity contribution in [2.24, 2.45) is 0 Å². The first-order chi connectivity index (χ1) is 9.19. The summed E-state index contributed by atoms with van der Waals surface area (Å²) < 4.78 is 69.9. The molecule has 0 fully saturated rings. The number of nitrogens with zero attached hydrogens (tertiary/aromatic N) is 1. The van der Waals surface area contributed by atoms with Crippen LogP contribution in [0.1, 0.15) is 27.9 Å². The van der Waals surface area contributed by atoms with Crippen LogP contribution in [0.5, 0.6) is 5.75 Å². The second-order valence-electron chi connectivity index (χ2n) is 3.39. The molecule has 0 aromatic heterocycles. The average molecular weight is 295 g/mol. The Balaban J connectivity index is 3.56. The van der Waals surface area contributed by atoms with E-state index in [0.717, 1.165) is 7.11 Å². The van der Waals surface area contributed by atoms with E-state index in [4.69, 9.17) is 5.26 Å². The van der Waals surface area contributed by atoms with Gasteiger partial charge in [-0.05, 0) is 12.1 Å². The van der Waals surface area contributed by atoms with Gasteiger partial charge in [-0.3, -0.25) is 0 Å². The molecule has 0 heterocycles. The van der Waals surface area contributed by atoms with Crippen LogP contribution in [0, 0.1) is 11.3 Å².